The van der Waals surface area contributed by atoms with Gasteiger partial charge in [0.1, 0.15) is 5.75 Å². The topological polar surface area (TPSA) is 38.3 Å². The van der Waals surface area contributed by atoms with E-state index in [1.807, 2.05) is 48.5 Å². The normalized spacial score (nSPS) is 17.2. The van der Waals surface area contributed by atoms with E-state index in [-0.39, 0.29) is 11.9 Å². The molecule has 0 bridgehead atoms. The highest BCUT2D eigenvalue weighted by molar-refractivity contribution is 6.00. The summed E-state index contributed by atoms with van der Waals surface area (Å²) in [5, 5.41) is 2.99. The Morgan fingerprint density at radius 2 is 1.83 bits per heavy atom. The van der Waals surface area contributed by atoms with Crippen molar-refractivity contribution in [1.82, 2.24) is 5.32 Å². The Labute approximate surface area is 105 Å². The van der Waals surface area contributed by atoms with E-state index in [1.165, 1.54) is 0 Å². The second-order valence-electron chi connectivity index (χ2n) is 4.24. The van der Waals surface area contributed by atoms with Crippen LogP contribution in [0.5, 0.6) is 5.75 Å². The van der Waals surface area contributed by atoms with Gasteiger partial charge in [0, 0.05) is 11.1 Å². The average molecular weight is 239 g/mol. The van der Waals surface area contributed by atoms with Crippen molar-refractivity contribution in [3.8, 4) is 5.75 Å². The highest BCUT2D eigenvalue weighted by atomic mass is 16.5. The summed E-state index contributed by atoms with van der Waals surface area (Å²) >= 11 is 0. The third-order valence-corrected chi connectivity index (χ3v) is 3.23. The van der Waals surface area contributed by atoms with Crippen LogP contribution in [0.3, 0.4) is 0 Å². The lowest BCUT2D eigenvalue weighted by Gasteiger charge is -2.14. The zero-order chi connectivity index (χ0) is 12.5. The van der Waals surface area contributed by atoms with Gasteiger partial charge in [-0.05, 0) is 17.7 Å². The lowest BCUT2D eigenvalue weighted by Crippen LogP contribution is -2.19. The third-order valence-electron chi connectivity index (χ3n) is 3.23. The van der Waals surface area contributed by atoms with Gasteiger partial charge in [-0.25, -0.2) is 0 Å². The Balaban J connectivity index is 2.16. The minimum Gasteiger partial charge on any atom is -0.496 e. The molecule has 1 heterocycles. The summed E-state index contributed by atoms with van der Waals surface area (Å²) in [6, 6.07) is 15.3. The molecular formula is C15H13NO2. The number of ether oxygens (including phenoxy) is 1. The molecular weight excluding hydrogens is 226 g/mol. The van der Waals surface area contributed by atoms with Gasteiger partial charge in [-0.2, -0.15) is 0 Å². The van der Waals surface area contributed by atoms with Crippen molar-refractivity contribution in [2.45, 2.75) is 6.04 Å². The second-order valence-corrected chi connectivity index (χ2v) is 4.24. The molecule has 1 aliphatic rings. The zero-order valence-corrected chi connectivity index (χ0v) is 10.0. The van der Waals surface area contributed by atoms with Gasteiger partial charge in [0.2, 0.25) is 0 Å². The van der Waals surface area contributed by atoms with E-state index in [0.717, 1.165) is 16.9 Å². The van der Waals surface area contributed by atoms with Gasteiger partial charge in [-0.3, -0.25) is 4.79 Å². The molecule has 2 aromatic rings. The summed E-state index contributed by atoms with van der Waals surface area (Å²) in [6.07, 6.45) is 0. The molecule has 3 heteroatoms. The third kappa shape index (κ3) is 1.56. The standard InChI is InChI=1S/C15H13NO2/c1-18-12-9-5-8-11-13(12)14(16-15(11)17)10-6-3-2-4-7-10/h2-9,14H,1H3,(H,16,17). The van der Waals surface area contributed by atoms with E-state index in [4.69, 9.17) is 4.74 Å². The highest BCUT2D eigenvalue weighted by Gasteiger charge is 2.32. The van der Waals surface area contributed by atoms with Gasteiger partial charge in [-0.1, -0.05) is 36.4 Å². The van der Waals surface area contributed by atoms with E-state index in [9.17, 15) is 4.79 Å². The van der Waals surface area contributed by atoms with Gasteiger partial charge in [0.05, 0.1) is 13.2 Å². The van der Waals surface area contributed by atoms with Gasteiger partial charge >= 0.3 is 0 Å². The van der Waals surface area contributed by atoms with Crippen molar-refractivity contribution in [1.29, 1.82) is 0 Å². The van der Waals surface area contributed by atoms with Crippen LogP contribution in [-0.2, 0) is 0 Å². The molecule has 0 saturated heterocycles. The number of fused-ring (bicyclic) bond motifs is 1. The number of hydrogen-bond acceptors (Lipinski definition) is 2. The monoisotopic (exact) mass is 239 g/mol. The van der Waals surface area contributed by atoms with Crippen LogP contribution in [0.15, 0.2) is 48.5 Å². The van der Waals surface area contributed by atoms with E-state index in [2.05, 4.69) is 5.32 Å². The molecule has 1 amide bonds. The molecule has 1 aliphatic heterocycles. The van der Waals surface area contributed by atoms with Crippen LogP contribution in [0.25, 0.3) is 0 Å². The summed E-state index contributed by atoms with van der Waals surface area (Å²) in [6.45, 7) is 0. The zero-order valence-electron chi connectivity index (χ0n) is 10.0. The Bertz CT molecular complexity index is 593. The molecule has 0 fully saturated rings. The number of nitrogens with one attached hydrogen (secondary N) is 1. The van der Waals surface area contributed by atoms with Crippen molar-refractivity contribution < 1.29 is 9.53 Å². The number of hydrogen-bond donors (Lipinski definition) is 1. The van der Waals surface area contributed by atoms with Crippen molar-refractivity contribution in [3.63, 3.8) is 0 Å². The molecule has 0 spiro atoms. The molecule has 1 N–H and O–H groups in total. The Morgan fingerprint density at radius 1 is 1.06 bits per heavy atom. The fourth-order valence-corrected chi connectivity index (χ4v) is 2.39. The summed E-state index contributed by atoms with van der Waals surface area (Å²) in [7, 11) is 1.63. The van der Waals surface area contributed by atoms with E-state index in [0.29, 0.717) is 5.56 Å². The first-order chi connectivity index (χ1) is 8.81. The quantitative estimate of drug-likeness (QED) is 0.874. The van der Waals surface area contributed by atoms with Crippen LogP contribution in [0.2, 0.25) is 0 Å². The smallest absolute Gasteiger partial charge is 0.252 e. The number of methoxy groups -OCH3 is 1. The van der Waals surface area contributed by atoms with Crippen LogP contribution in [-0.4, -0.2) is 13.0 Å². The Kier molecular flexibility index (Phi) is 2.52. The predicted molar refractivity (Wildman–Crippen MR) is 68.7 cm³/mol. The van der Waals surface area contributed by atoms with Gasteiger partial charge in [0.25, 0.3) is 5.91 Å². The number of carbonyl (C=O) groups excluding carboxylic acids is 1. The Morgan fingerprint density at radius 3 is 2.56 bits per heavy atom. The van der Waals surface area contributed by atoms with Crippen molar-refractivity contribution >= 4 is 5.91 Å². The number of rotatable bonds is 2. The van der Waals surface area contributed by atoms with Crippen molar-refractivity contribution in [2.75, 3.05) is 7.11 Å². The fourth-order valence-electron chi connectivity index (χ4n) is 2.39. The van der Waals surface area contributed by atoms with Crippen LogP contribution in [0.1, 0.15) is 27.5 Å². The maximum Gasteiger partial charge on any atom is 0.252 e. The SMILES string of the molecule is COc1cccc2c1C(c1ccccc1)NC2=O. The molecule has 1 unspecified atom stereocenters. The first-order valence-corrected chi connectivity index (χ1v) is 5.84. The lowest BCUT2D eigenvalue weighted by molar-refractivity contribution is 0.0960. The van der Waals surface area contributed by atoms with E-state index >= 15 is 0 Å². The summed E-state index contributed by atoms with van der Waals surface area (Å²) in [4.78, 5) is 12.0. The largest absolute Gasteiger partial charge is 0.496 e. The summed E-state index contributed by atoms with van der Waals surface area (Å²) in [5.41, 5.74) is 2.69. The average Bonchev–Trinajstić information content (AvgIpc) is 2.77. The molecule has 90 valence electrons. The molecule has 0 radical (unpaired) electrons. The van der Waals surface area contributed by atoms with Crippen LogP contribution in [0, 0.1) is 0 Å². The summed E-state index contributed by atoms with van der Waals surface area (Å²) in [5.74, 6) is 0.706. The fraction of sp³-hybridized carbons (Fsp3) is 0.133. The second kappa shape index (κ2) is 4.18. The van der Waals surface area contributed by atoms with E-state index < -0.39 is 0 Å². The molecule has 0 saturated carbocycles. The molecule has 0 aliphatic carbocycles. The first kappa shape index (κ1) is 10.8. The highest BCUT2D eigenvalue weighted by Crippen LogP contribution is 2.37. The maximum absolute atomic E-state index is 12.0. The molecule has 1 atom stereocenters. The maximum atomic E-state index is 12.0. The molecule has 3 rings (SSSR count). The van der Waals surface area contributed by atoms with Crippen molar-refractivity contribution in [3.05, 3.63) is 65.2 Å². The molecule has 18 heavy (non-hydrogen) atoms. The minimum absolute atomic E-state index is 0.0437. The number of benzene rings is 2. The van der Waals surface area contributed by atoms with Crippen molar-refractivity contribution in [2.24, 2.45) is 0 Å². The van der Waals surface area contributed by atoms with Crippen LogP contribution < -0.4 is 10.1 Å². The van der Waals surface area contributed by atoms with E-state index in [1.54, 1.807) is 7.11 Å². The molecule has 2 aromatic carbocycles. The first-order valence-electron chi connectivity index (χ1n) is 5.84. The molecule has 0 aromatic heterocycles. The Hall–Kier alpha value is -2.29. The summed E-state index contributed by atoms with van der Waals surface area (Å²) < 4.78 is 5.36. The molecule has 3 nitrogen and oxygen atoms in total. The lowest BCUT2D eigenvalue weighted by atomic mass is 9.97. The van der Waals surface area contributed by atoms with Gasteiger partial charge in [0.15, 0.2) is 0 Å². The predicted octanol–water partition coefficient (Wildman–Crippen LogP) is 2.53. The van der Waals surface area contributed by atoms with Gasteiger partial charge < -0.3 is 10.1 Å². The number of amides is 1. The minimum atomic E-state index is -0.121. The number of carbonyl (C=O) groups is 1. The van der Waals surface area contributed by atoms with Gasteiger partial charge in [-0.15, -0.1) is 0 Å². The van der Waals surface area contributed by atoms with Crippen LogP contribution in [0.4, 0.5) is 0 Å². The van der Waals surface area contributed by atoms with Crippen LogP contribution >= 0.6 is 0 Å².